The van der Waals surface area contributed by atoms with Gasteiger partial charge in [0.1, 0.15) is 12.1 Å². The van der Waals surface area contributed by atoms with Crippen LogP contribution in [0.25, 0.3) is 0 Å². The van der Waals surface area contributed by atoms with Crippen molar-refractivity contribution in [2.45, 2.75) is 43.4 Å². The fraction of sp³-hybridized carbons (Fsp3) is 0.400. The van der Waals surface area contributed by atoms with Gasteiger partial charge in [0.2, 0.25) is 5.78 Å². The van der Waals surface area contributed by atoms with Crippen LogP contribution < -0.4 is 15.4 Å². The van der Waals surface area contributed by atoms with E-state index < -0.39 is 27.9 Å². The second kappa shape index (κ2) is 11.0. The Hall–Kier alpha value is -2.45. The molecule has 1 aliphatic heterocycles. The molecule has 2 fully saturated rings. The third-order valence-corrected chi connectivity index (χ3v) is 8.97. The van der Waals surface area contributed by atoms with Crippen LogP contribution in [0.5, 0.6) is 0 Å². The van der Waals surface area contributed by atoms with Gasteiger partial charge in [0.25, 0.3) is 0 Å². The first-order valence-electron chi connectivity index (χ1n) is 12.3. The summed E-state index contributed by atoms with van der Waals surface area (Å²) in [6, 6.07) is 9.45. The monoisotopic (exact) mass is 577 g/mol. The number of carbonyl (C=O) groups is 1. The smallest absolute Gasteiger partial charge is 0.333 e. The van der Waals surface area contributed by atoms with E-state index in [4.69, 9.17) is 16.2 Å². The number of aromatic nitrogens is 2. The van der Waals surface area contributed by atoms with Crippen LogP contribution in [0.3, 0.4) is 0 Å². The molecular formula is C25H28ClN5O5S2. The topological polar surface area (TPSA) is 154 Å². The Kier molecular flexibility index (Phi) is 7.83. The molecule has 2 aromatic heterocycles. The van der Waals surface area contributed by atoms with Crippen molar-refractivity contribution in [3.05, 3.63) is 74.8 Å². The molecule has 10 nitrogen and oxygen atoms in total. The second-order valence-electron chi connectivity index (χ2n) is 9.72. The molecule has 1 aliphatic carbocycles. The molecule has 0 amide bonds. The lowest BCUT2D eigenvalue weighted by molar-refractivity contribution is 0.104. The van der Waals surface area contributed by atoms with E-state index in [2.05, 4.69) is 20.6 Å². The maximum Gasteiger partial charge on any atom is 0.333 e. The van der Waals surface area contributed by atoms with E-state index >= 15 is 0 Å². The van der Waals surface area contributed by atoms with E-state index in [-0.39, 0.29) is 18.4 Å². The maximum atomic E-state index is 13.6. The summed E-state index contributed by atoms with van der Waals surface area (Å²) < 4.78 is 33.0. The Bertz CT molecular complexity index is 1430. The first-order chi connectivity index (χ1) is 18.1. The highest BCUT2D eigenvalue weighted by Crippen LogP contribution is 2.41. The number of thiophene rings is 1. The average Bonchev–Trinajstić information content (AvgIpc) is 3.63. The number of rotatable bonds is 9. The van der Waals surface area contributed by atoms with Crippen molar-refractivity contribution >= 4 is 44.8 Å². The fourth-order valence-electron chi connectivity index (χ4n) is 5.43. The Labute approximate surface area is 229 Å². The number of benzene rings is 1. The zero-order chi connectivity index (χ0) is 26.9. The third kappa shape index (κ3) is 5.76. The fourth-order valence-corrected chi connectivity index (χ4v) is 6.98. The van der Waals surface area contributed by atoms with E-state index in [9.17, 15) is 18.3 Å². The van der Waals surface area contributed by atoms with Crippen molar-refractivity contribution in [1.82, 2.24) is 20.0 Å². The Morgan fingerprint density at radius 3 is 2.84 bits per heavy atom. The van der Waals surface area contributed by atoms with Crippen molar-refractivity contribution in [3.8, 4) is 0 Å². The van der Waals surface area contributed by atoms with E-state index in [0.29, 0.717) is 34.1 Å². The van der Waals surface area contributed by atoms with Crippen molar-refractivity contribution in [3.63, 3.8) is 0 Å². The highest BCUT2D eigenvalue weighted by atomic mass is 35.5. The lowest BCUT2D eigenvalue weighted by Gasteiger charge is -2.30. The number of ketones is 1. The van der Waals surface area contributed by atoms with Crippen LogP contribution in [-0.4, -0.2) is 59.1 Å². The molecule has 5 rings (SSSR count). The van der Waals surface area contributed by atoms with Crippen molar-refractivity contribution < 1.29 is 22.9 Å². The number of anilines is 1. The molecule has 3 heterocycles. The summed E-state index contributed by atoms with van der Waals surface area (Å²) in [7, 11) is -4.35. The summed E-state index contributed by atoms with van der Waals surface area (Å²) in [4.78, 5) is 22.5. The standard InChI is InChI=1S/C25H28ClN5O5S2/c26-18-4-1-3-16(8-18)25(5-2-6-29-25)17-9-22(37-13-17)23(33)20-12-27-14-28-24(20)31-19-7-15(21(32)10-19)11-30-38(34,35)36/h1,3-4,8-9,12-15,19,21,29-30,32H,2,5-7,10-11H2,(H,27,28,31)(H,34,35,36)/t15-,19-,21+,25-/m1/s1. The third-order valence-electron chi connectivity index (χ3n) is 7.27. The summed E-state index contributed by atoms with van der Waals surface area (Å²) in [5, 5.41) is 19.9. The lowest BCUT2D eigenvalue weighted by atomic mass is 9.83. The largest absolute Gasteiger partial charge is 0.393 e. The number of halogens is 1. The SMILES string of the molecule is O=C(c1cc([C@]2(c3cccc(Cl)c3)CCCN2)cs1)c1cncnc1N[C@@H]1C[C@H](CNS(=O)(=O)O)[C@@H](O)C1. The molecule has 0 unspecified atom stereocenters. The molecule has 2 aliphatic rings. The minimum Gasteiger partial charge on any atom is -0.393 e. The van der Waals surface area contributed by atoms with E-state index in [1.54, 1.807) is 0 Å². The Morgan fingerprint density at radius 2 is 2.11 bits per heavy atom. The molecule has 5 N–H and O–H groups in total. The Morgan fingerprint density at radius 1 is 1.26 bits per heavy atom. The quantitative estimate of drug-likeness (QED) is 0.191. The van der Waals surface area contributed by atoms with E-state index in [1.165, 1.54) is 23.9 Å². The number of hydrogen-bond acceptors (Lipinski definition) is 9. The first-order valence-corrected chi connectivity index (χ1v) is 15.0. The van der Waals surface area contributed by atoms with Crippen LogP contribution in [0.4, 0.5) is 5.82 Å². The molecule has 3 aromatic rings. The highest BCUT2D eigenvalue weighted by Gasteiger charge is 2.39. The number of nitrogens with zero attached hydrogens (tertiary/aromatic N) is 2. The first kappa shape index (κ1) is 27.1. The van der Waals surface area contributed by atoms with Gasteiger partial charge in [-0.25, -0.2) is 9.97 Å². The van der Waals surface area contributed by atoms with Gasteiger partial charge in [0.05, 0.1) is 22.1 Å². The number of nitrogens with one attached hydrogen (secondary N) is 3. The van der Waals surface area contributed by atoms with E-state index in [0.717, 1.165) is 30.5 Å². The summed E-state index contributed by atoms with van der Waals surface area (Å²) in [6.45, 7) is 0.772. The van der Waals surface area contributed by atoms with Crippen molar-refractivity contribution in [2.75, 3.05) is 18.4 Å². The van der Waals surface area contributed by atoms with Gasteiger partial charge >= 0.3 is 10.3 Å². The molecule has 1 saturated heterocycles. The van der Waals surface area contributed by atoms with Crippen LogP contribution in [0.2, 0.25) is 5.02 Å². The van der Waals surface area contributed by atoms with Gasteiger partial charge in [-0.2, -0.15) is 13.1 Å². The van der Waals surface area contributed by atoms with Crippen LogP contribution in [0, 0.1) is 5.92 Å². The van der Waals surface area contributed by atoms with Gasteiger partial charge in [-0.15, -0.1) is 11.3 Å². The van der Waals surface area contributed by atoms with Gasteiger partial charge in [-0.05, 0) is 66.9 Å². The minimum absolute atomic E-state index is 0.0892. The lowest BCUT2D eigenvalue weighted by Crippen LogP contribution is -2.37. The summed E-state index contributed by atoms with van der Waals surface area (Å²) in [6.07, 6.45) is 4.70. The van der Waals surface area contributed by atoms with Crippen LogP contribution in [0.1, 0.15) is 52.0 Å². The molecule has 202 valence electrons. The number of hydrogen-bond donors (Lipinski definition) is 5. The molecule has 38 heavy (non-hydrogen) atoms. The molecule has 0 spiro atoms. The summed E-state index contributed by atoms with van der Waals surface area (Å²) >= 11 is 7.66. The molecule has 1 saturated carbocycles. The van der Waals surface area contributed by atoms with Gasteiger partial charge in [0, 0.05) is 29.7 Å². The van der Waals surface area contributed by atoms with Crippen LogP contribution >= 0.6 is 22.9 Å². The summed E-state index contributed by atoms with van der Waals surface area (Å²) in [5.41, 5.74) is 1.96. The van der Waals surface area contributed by atoms with Gasteiger partial charge in [0.15, 0.2) is 0 Å². The van der Waals surface area contributed by atoms with Crippen molar-refractivity contribution in [1.29, 1.82) is 0 Å². The van der Waals surface area contributed by atoms with Gasteiger partial charge < -0.3 is 15.7 Å². The molecule has 4 atom stereocenters. The predicted octanol–water partition coefficient (Wildman–Crippen LogP) is 2.99. The number of aliphatic hydroxyl groups excluding tert-OH is 1. The number of carbonyl (C=O) groups excluding carboxylic acids is 1. The molecule has 0 radical (unpaired) electrons. The summed E-state index contributed by atoms with van der Waals surface area (Å²) in [5.74, 6) is -0.257. The number of aliphatic hydroxyl groups is 1. The van der Waals surface area contributed by atoms with Crippen LogP contribution in [0.15, 0.2) is 48.2 Å². The van der Waals surface area contributed by atoms with Crippen LogP contribution in [-0.2, 0) is 15.8 Å². The zero-order valence-electron chi connectivity index (χ0n) is 20.3. The normalized spacial score (nSPS) is 25.5. The molecular weight excluding hydrogens is 550 g/mol. The maximum absolute atomic E-state index is 13.6. The molecule has 1 aromatic carbocycles. The molecule has 0 bridgehead atoms. The highest BCUT2D eigenvalue weighted by molar-refractivity contribution is 7.83. The van der Waals surface area contributed by atoms with Crippen molar-refractivity contribution in [2.24, 2.45) is 5.92 Å². The average molecular weight is 578 g/mol. The Balaban J connectivity index is 1.35. The second-order valence-corrected chi connectivity index (χ2v) is 12.3. The zero-order valence-corrected chi connectivity index (χ0v) is 22.7. The minimum atomic E-state index is -4.35. The predicted molar refractivity (Wildman–Crippen MR) is 145 cm³/mol. The van der Waals surface area contributed by atoms with E-state index in [1.807, 2.05) is 40.4 Å². The molecule has 13 heteroatoms. The van der Waals surface area contributed by atoms with Gasteiger partial charge in [-0.1, -0.05) is 23.7 Å². The van der Waals surface area contributed by atoms with Gasteiger partial charge in [-0.3, -0.25) is 9.35 Å².